The molecule has 7 fully saturated rings. The van der Waals surface area contributed by atoms with E-state index in [4.69, 9.17) is 37.9 Å². The monoisotopic (exact) mass is 1890 g/mol. The van der Waals surface area contributed by atoms with Crippen LogP contribution in [0.4, 0.5) is 0 Å². The van der Waals surface area contributed by atoms with Crippen molar-refractivity contribution in [3.8, 4) is 0 Å². The van der Waals surface area contributed by atoms with Gasteiger partial charge in [-0.3, -0.25) is 58.6 Å². The Hall–Kier alpha value is -1.90. The van der Waals surface area contributed by atoms with Crippen molar-refractivity contribution < 1.29 is 47.5 Å². The molecule has 7 saturated heterocycles. The fraction of sp³-hybridized carbons (Fsp3) is 0.981. The van der Waals surface area contributed by atoms with Gasteiger partial charge in [-0.25, -0.2) is 0 Å². The third kappa shape index (κ3) is 72.9. The van der Waals surface area contributed by atoms with E-state index in [1.54, 1.807) is 0 Å². The van der Waals surface area contributed by atoms with Gasteiger partial charge in [-0.15, -0.1) is 0 Å². The first-order valence-electron chi connectivity index (χ1n) is 52.7. The van der Waals surface area contributed by atoms with Crippen molar-refractivity contribution in [1.29, 1.82) is 0 Å². The molecular weight excluding hydrogens is 1670 g/mol. The number of hydrogen-bond acceptors (Lipinski definition) is 23. The Balaban J connectivity index is 0.000000779. The van der Waals surface area contributed by atoms with E-state index in [2.05, 4.69) is 345 Å². The van der Waals surface area contributed by atoms with E-state index in [0.717, 1.165) is 190 Å². The molecular formula is C108H227N15O10. The number of piperidine rings is 2. The standard InChI is InChI=1S/C18H36N2O2.C17H35N3O2.C17H37N3O.C16H33NO3.2C14H30N2O.C12H26N2/c1-17(2,3)14-19-16(21)13-15-7-9-20(10-8-15)11-12-22-18(4,5)6;1-16(2,3)14-18-15(21)13-20-9-7-19(8-10-20)11-12-22-17(4,5)6;1-16(2,3)18-8-7-14-21-15-13-19-9-11-20(12-10-19)17(4,5)6;1-15(2,3)19-12-11-17-9-7-14(8-10-17)18-13-20-16(4,5)6;2*1-13(2,3)16-9-7-15(8-10-16)11-12-17-14(4,5)6;1-11(2,3)13-7-9-14(10-8-13)12(4,5)6/h15H,7-14H2,1-6H3,(H,19,21);7-14H2,1-6H3,(H,18,21);18H,7-15H2,1-6H3;14H,7-13H2,1-6H3;2*7-12H2,1-6H3;7-10H2,1-6H3. The highest BCUT2D eigenvalue weighted by molar-refractivity contribution is 5.78. The molecule has 0 spiro atoms. The molecule has 0 aromatic rings. The fourth-order valence-corrected chi connectivity index (χ4v) is 15.8. The highest BCUT2D eigenvalue weighted by Crippen LogP contribution is 2.26. The number of piperazine rings is 5. The van der Waals surface area contributed by atoms with Crippen LogP contribution in [-0.2, 0) is 47.5 Å². The van der Waals surface area contributed by atoms with Gasteiger partial charge in [-0.1, -0.05) is 41.5 Å². The van der Waals surface area contributed by atoms with Crippen LogP contribution in [0.25, 0.3) is 0 Å². The number of nitrogens with zero attached hydrogens (tertiary/aromatic N) is 12. The zero-order chi connectivity index (χ0) is 102. The molecule has 0 atom stereocenters. The normalized spacial score (nSPS) is 19.8. The zero-order valence-corrected chi connectivity index (χ0v) is 96.0. The van der Waals surface area contributed by atoms with Gasteiger partial charge >= 0.3 is 0 Å². The summed E-state index contributed by atoms with van der Waals surface area (Å²) >= 11 is 0. The zero-order valence-electron chi connectivity index (χ0n) is 96.0. The largest absolute Gasteiger partial charge is 0.380 e. The van der Waals surface area contributed by atoms with Crippen molar-refractivity contribution in [2.45, 2.75) is 402 Å². The second kappa shape index (κ2) is 60.6. The summed E-state index contributed by atoms with van der Waals surface area (Å²) < 4.78 is 46.0. The van der Waals surface area contributed by atoms with Crippen molar-refractivity contribution in [3.63, 3.8) is 0 Å². The molecule has 2 amide bonds. The number of carbonyl (C=O) groups is 2. The van der Waals surface area contributed by atoms with E-state index >= 15 is 0 Å². The van der Waals surface area contributed by atoms with Crippen LogP contribution in [0.15, 0.2) is 0 Å². The van der Waals surface area contributed by atoms with Gasteiger partial charge in [-0.05, 0) is 318 Å². The summed E-state index contributed by atoms with van der Waals surface area (Å²) in [6, 6.07) is 0. The summed E-state index contributed by atoms with van der Waals surface area (Å²) in [5.41, 5.74) is 1.84. The molecule has 7 aliphatic rings. The first-order chi connectivity index (χ1) is 60.5. The van der Waals surface area contributed by atoms with E-state index in [9.17, 15) is 9.59 Å². The molecule has 25 nitrogen and oxygen atoms in total. The van der Waals surface area contributed by atoms with Crippen molar-refractivity contribution in [2.24, 2.45) is 16.7 Å². The lowest BCUT2D eigenvalue weighted by molar-refractivity contribution is -0.151. The molecule has 7 heterocycles. The van der Waals surface area contributed by atoms with Crippen LogP contribution in [0.3, 0.4) is 0 Å². The van der Waals surface area contributed by atoms with Gasteiger partial charge in [-0.2, -0.15) is 0 Å². The molecule has 7 aliphatic heterocycles. The van der Waals surface area contributed by atoms with Crippen LogP contribution in [0, 0.1) is 16.7 Å². The molecule has 133 heavy (non-hydrogen) atoms. The van der Waals surface area contributed by atoms with Crippen LogP contribution >= 0.6 is 0 Å². The number of ether oxygens (including phenoxy) is 8. The lowest BCUT2D eigenvalue weighted by Gasteiger charge is -2.46. The minimum absolute atomic E-state index is 0.00671. The highest BCUT2D eigenvalue weighted by Gasteiger charge is 2.34. The third-order valence-corrected chi connectivity index (χ3v) is 24.5. The van der Waals surface area contributed by atoms with E-state index in [1.165, 1.54) is 105 Å². The van der Waals surface area contributed by atoms with Gasteiger partial charge in [0, 0.05) is 243 Å². The SMILES string of the molecule is CC(C)(C)CNC(=O)CC1CCN(CCOC(C)(C)C)CC1.CC(C)(C)CNC(=O)CN1CCN(CCOC(C)(C)C)CC1.CC(C)(C)N1CCN(C(C)(C)C)CC1.CC(C)(C)NCCCOCCN1CCN(C(C)(C)C)CC1.CC(C)(C)OCCN1CCC(OCOC(C)(C)C)CC1.CC(C)(C)OCCN1CCN(C(C)(C)C)CC1.CC(C)(C)OCCN1CCN(C(C)(C)C)CC1. The Morgan fingerprint density at radius 1 is 0.271 bits per heavy atom. The molecule has 25 heteroatoms. The maximum Gasteiger partial charge on any atom is 0.234 e. The molecule has 0 unspecified atom stereocenters. The number of hydrogen-bond donors (Lipinski definition) is 3. The molecule has 0 bridgehead atoms. The summed E-state index contributed by atoms with van der Waals surface area (Å²) in [5, 5.41) is 9.56. The molecule has 0 aliphatic carbocycles. The summed E-state index contributed by atoms with van der Waals surface area (Å²) in [5.74, 6) is 0.892. The number of likely N-dealkylation sites (tertiary alicyclic amines) is 2. The van der Waals surface area contributed by atoms with Crippen LogP contribution in [0.5, 0.6) is 0 Å². The summed E-state index contributed by atoms with van der Waals surface area (Å²) in [6.07, 6.45) is 6.54. The van der Waals surface area contributed by atoms with E-state index in [1.807, 2.05) is 20.8 Å². The van der Waals surface area contributed by atoms with Gasteiger partial charge in [0.15, 0.2) is 0 Å². The summed E-state index contributed by atoms with van der Waals surface area (Å²) in [6.45, 7) is 134. The lowest BCUT2D eigenvalue weighted by Crippen LogP contribution is -2.57. The number of nitrogens with one attached hydrogen (secondary N) is 3. The lowest BCUT2D eigenvalue weighted by atomic mass is 9.92. The Labute approximate surface area is 824 Å². The Kier molecular flexibility index (Phi) is 58.9. The molecule has 794 valence electrons. The van der Waals surface area contributed by atoms with Gasteiger partial charge in [0.05, 0.1) is 85.9 Å². The average Bonchev–Trinajstić information content (AvgIpc) is 0.785. The summed E-state index contributed by atoms with van der Waals surface area (Å²) in [4.78, 5) is 53.9. The number of amides is 2. The van der Waals surface area contributed by atoms with Crippen LogP contribution in [-0.4, -0.2) is 419 Å². The van der Waals surface area contributed by atoms with Crippen LogP contribution < -0.4 is 16.0 Å². The second-order valence-electron chi connectivity index (χ2n) is 53.1. The van der Waals surface area contributed by atoms with Crippen molar-refractivity contribution >= 4 is 11.8 Å². The topological polar surface area (TPSA) is 183 Å². The molecule has 0 radical (unpaired) electrons. The smallest absolute Gasteiger partial charge is 0.234 e. The Morgan fingerprint density at radius 3 is 0.774 bits per heavy atom. The maximum absolute atomic E-state index is 12.0. The van der Waals surface area contributed by atoms with Crippen molar-refractivity contribution in [2.75, 3.05) is 276 Å². The van der Waals surface area contributed by atoms with E-state index < -0.39 is 0 Å². The minimum atomic E-state index is -0.120. The predicted octanol–water partition coefficient (Wildman–Crippen LogP) is 16.5. The third-order valence-electron chi connectivity index (χ3n) is 24.5. The van der Waals surface area contributed by atoms with Gasteiger partial charge in [0.25, 0.3) is 0 Å². The van der Waals surface area contributed by atoms with E-state index in [0.29, 0.717) is 59.5 Å². The molecule has 0 aromatic carbocycles. The Morgan fingerprint density at radius 2 is 0.511 bits per heavy atom. The summed E-state index contributed by atoms with van der Waals surface area (Å²) in [7, 11) is 0. The van der Waals surface area contributed by atoms with Crippen LogP contribution in [0.2, 0.25) is 0 Å². The quantitative estimate of drug-likeness (QED) is 0.0440. The fourth-order valence-electron chi connectivity index (χ4n) is 15.8. The minimum Gasteiger partial charge on any atom is -0.380 e. The molecule has 0 saturated carbocycles. The van der Waals surface area contributed by atoms with Gasteiger partial charge in [0.1, 0.15) is 6.79 Å². The maximum atomic E-state index is 12.0. The molecule has 7 rings (SSSR count). The average molecular weight is 1900 g/mol. The highest BCUT2D eigenvalue weighted by atomic mass is 16.7. The van der Waals surface area contributed by atoms with Crippen molar-refractivity contribution in [3.05, 3.63) is 0 Å². The number of carbonyl (C=O) groups excluding carboxylic acids is 2. The molecule has 0 aromatic heterocycles. The molecule has 3 N–H and O–H groups in total. The van der Waals surface area contributed by atoms with E-state index in [-0.39, 0.29) is 61.8 Å². The second-order valence-corrected chi connectivity index (χ2v) is 53.1. The van der Waals surface area contributed by atoms with Gasteiger partial charge in [0.2, 0.25) is 11.8 Å². The predicted molar refractivity (Wildman–Crippen MR) is 566 cm³/mol. The van der Waals surface area contributed by atoms with Gasteiger partial charge < -0.3 is 63.6 Å². The Bertz CT molecular complexity index is 2750. The number of rotatable bonds is 31. The van der Waals surface area contributed by atoms with Crippen LogP contribution in [0.1, 0.15) is 329 Å². The first kappa shape index (κ1) is 129. The first-order valence-corrected chi connectivity index (χ1v) is 52.7. The van der Waals surface area contributed by atoms with Crippen molar-refractivity contribution in [1.82, 2.24) is 74.7 Å².